The molecule has 1 aromatic carbocycles. The van der Waals surface area contributed by atoms with Crippen molar-refractivity contribution in [3.8, 4) is 0 Å². The van der Waals surface area contributed by atoms with Gasteiger partial charge in [-0.1, -0.05) is 43.2 Å². The van der Waals surface area contributed by atoms with Crippen molar-refractivity contribution >= 4 is 11.8 Å². The summed E-state index contributed by atoms with van der Waals surface area (Å²) in [5.74, 6) is 0.0654. The quantitative estimate of drug-likeness (QED) is 0.602. The van der Waals surface area contributed by atoms with Gasteiger partial charge in [0.2, 0.25) is 5.78 Å². The van der Waals surface area contributed by atoms with E-state index in [2.05, 4.69) is 0 Å². The second-order valence-corrected chi connectivity index (χ2v) is 5.22. The molecule has 1 aliphatic carbocycles. The minimum Gasteiger partial charge on any atom is -0.454 e. The lowest BCUT2D eigenvalue weighted by Gasteiger charge is -2.14. The first kappa shape index (κ1) is 13.8. The molecule has 3 heteroatoms. The van der Waals surface area contributed by atoms with Gasteiger partial charge in [0.1, 0.15) is 0 Å². The summed E-state index contributed by atoms with van der Waals surface area (Å²) in [6.45, 7) is 1.64. The maximum Gasteiger partial charge on any atom is 0.306 e. The van der Waals surface area contributed by atoms with Gasteiger partial charge < -0.3 is 4.74 Å². The summed E-state index contributed by atoms with van der Waals surface area (Å²) in [6, 6.07) is 8.95. The molecule has 0 amide bonds. The van der Waals surface area contributed by atoms with Crippen LogP contribution in [0.5, 0.6) is 0 Å². The van der Waals surface area contributed by atoms with Crippen LogP contribution in [-0.4, -0.2) is 17.9 Å². The van der Waals surface area contributed by atoms with Gasteiger partial charge in [-0.05, 0) is 25.7 Å². The SMILES string of the molecule is CC(OC(=O)CC1CCCC1)C(=O)c1ccccc1. The summed E-state index contributed by atoms with van der Waals surface area (Å²) in [5.41, 5.74) is 0.587. The monoisotopic (exact) mass is 260 g/mol. The summed E-state index contributed by atoms with van der Waals surface area (Å²) in [6.07, 6.45) is 4.38. The number of ketones is 1. The predicted octanol–water partition coefficient (Wildman–Crippen LogP) is 3.38. The van der Waals surface area contributed by atoms with Crippen LogP contribution < -0.4 is 0 Å². The minimum absolute atomic E-state index is 0.139. The maximum absolute atomic E-state index is 12.0. The molecule has 1 fully saturated rings. The molecule has 3 nitrogen and oxygen atoms in total. The third-order valence-corrected chi connectivity index (χ3v) is 3.67. The standard InChI is InChI=1S/C16H20O3/c1-12(16(18)14-9-3-2-4-10-14)19-15(17)11-13-7-5-6-8-13/h2-4,9-10,12-13H,5-8,11H2,1H3. The topological polar surface area (TPSA) is 43.4 Å². The highest BCUT2D eigenvalue weighted by atomic mass is 16.5. The third-order valence-electron chi connectivity index (χ3n) is 3.67. The normalized spacial score (nSPS) is 17.1. The molecule has 0 spiro atoms. The van der Waals surface area contributed by atoms with Gasteiger partial charge in [-0.3, -0.25) is 9.59 Å². The van der Waals surface area contributed by atoms with Crippen LogP contribution in [0.3, 0.4) is 0 Å². The van der Waals surface area contributed by atoms with Crippen LogP contribution in [0.1, 0.15) is 49.4 Å². The number of hydrogen-bond acceptors (Lipinski definition) is 3. The molecule has 0 aromatic heterocycles. The van der Waals surface area contributed by atoms with Gasteiger partial charge in [0.15, 0.2) is 6.10 Å². The molecule has 0 saturated heterocycles. The Balaban J connectivity index is 1.84. The molecule has 1 unspecified atom stereocenters. The van der Waals surface area contributed by atoms with E-state index in [0.29, 0.717) is 17.9 Å². The molecular weight excluding hydrogens is 240 g/mol. The summed E-state index contributed by atoms with van der Waals surface area (Å²) >= 11 is 0. The van der Waals surface area contributed by atoms with Crippen molar-refractivity contribution in [3.63, 3.8) is 0 Å². The highest BCUT2D eigenvalue weighted by molar-refractivity contribution is 6.00. The lowest BCUT2D eigenvalue weighted by molar-refractivity contribution is -0.147. The Kier molecular flexibility index (Phi) is 4.72. The van der Waals surface area contributed by atoms with Crippen molar-refractivity contribution in [1.82, 2.24) is 0 Å². The fourth-order valence-electron chi connectivity index (χ4n) is 2.59. The zero-order chi connectivity index (χ0) is 13.7. The largest absolute Gasteiger partial charge is 0.454 e. The number of Topliss-reactive ketones (excluding diaryl/α,β-unsaturated/α-hetero) is 1. The van der Waals surface area contributed by atoms with E-state index in [4.69, 9.17) is 4.74 Å². The number of rotatable bonds is 5. The van der Waals surface area contributed by atoms with E-state index >= 15 is 0 Å². The summed E-state index contributed by atoms with van der Waals surface area (Å²) < 4.78 is 5.24. The third kappa shape index (κ3) is 3.91. The minimum atomic E-state index is -0.698. The molecule has 0 aliphatic heterocycles. The Labute approximate surface area is 114 Å². The predicted molar refractivity (Wildman–Crippen MR) is 72.9 cm³/mol. The number of hydrogen-bond donors (Lipinski definition) is 0. The van der Waals surface area contributed by atoms with Crippen LogP contribution in [-0.2, 0) is 9.53 Å². The zero-order valence-electron chi connectivity index (χ0n) is 11.3. The van der Waals surface area contributed by atoms with Gasteiger partial charge >= 0.3 is 5.97 Å². The second kappa shape index (κ2) is 6.50. The van der Waals surface area contributed by atoms with E-state index < -0.39 is 6.10 Å². The van der Waals surface area contributed by atoms with E-state index in [-0.39, 0.29) is 11.8 Å². The van der Waals surface area contributed by atoms with Crippen LogP contribution in [0.4, 0.5) is 0 Å². The van der Waals surface area contributed by atoms with Crippen molar-refractivity contribution in [1.29, 1.82) is 0 Å². The lowest BCUT2D eigenvalue weighted by atomic mass is 10.0. The fraction of sp³-hybridized carbons (Fsp3) is 0.500. The first-order chi connectivity index (χ1) is 9.16. The van der Waals surface area contributed by atoms with E-state index in [0.717, 1.165) is 12.8 Å². The highest BCUT2D eigenvalue weighted by Crippen LogP contribution is 2.27. The maximum atomic E-state index is 12.0. The number of benzene rings is 1. The summed E-state index contributed by atoms with van der Waals surface area (Å²) in [5, 5.41) is 0. The van der Waals surface area contributed by atoms with Gasteiger partial charge in [-0.25, -0.2) is 0 Å². The van der Waals surface area contributed by atoms with Crippen molar-refractivity contribution < 1.29 is 14.3 Å². The molecular formula is C16H20O3. The molecule has 2 rings (SSSR count). The highest BCUT2D eigenvalue weighted by Gasteiger charge is 2.23. The van der Waals surface area contributed by atoms with Gasteiger partial charge in [0, 0.05) is 12.0 Å². The molecule has 0 bridgehead atoms. The van der Waals surface area contributed by atoms with E-state index in [1.54, 1.807) is 31.2 Å². The number of carbonyl (C=O) groups excluding carboxylic acids is 2. The first-order valence-corrected chi connectivity index (χ1v) is 6.95. The number of ether oxygens (including phenoxy) is 1. The average Bonchev–Trinajstić information content (AvgIpc) is 2.91. The molecule has 1 aromatic rings. The van der Waals surface area contributed by atoms with E-state index in [1.807, 2.05) is 6.07 Å². The van der Waals surface area contributed by atoms with Gasteiger partial charge in [-0.15, -0.1) is 0 Å². The Bertz CT molecular complexity index is 433. The van der Waals surface area contributed by atoms with Crippen LogP contribution >= 0.6 is 0 Å². The molecule has 0 heterocycles. The Morgan fingerprint density at radius 2 is 1.84 bits per heavy atom. The molecule has 1 atom stereocenters. The van der Waals surface area contributed by atoms with Crippen LogP contribution in [0.2, 0.25) is 0 Å². The second-order valence-electron chi connectivity index (χ2n) is 5.22. The van der Waals surface area contributed by atoms with Gasteiger partial charge in [0.05, 0.1) is 0 Å². The lowest BCUT2D eigenvalue weighted by Crippen LogP contribution is -2.25. The molecule has 102 valence electrons. The van der Waals surface area contributed by atoms with E-state index in [1.165, 1.54) is 12.8 Å². The number of carbonyl (C=O) groups is 2. The molecule has 1 aliphatic rings. The van der Waals surface area contributed by atoms with Gasteiger partial charge in [0.25, 0.3) is 0 Å². The molecule has 0 N–H and O–H groups in total. The summed E-state index contributed by atoms with van der Waals surface area (Å²) in [4.78, 5) is 23.8. The van der Waals surface area contributed by atoms with E-state index in [9.17, 15) is 9.59 Å². The first-order valence-electron chi connectivity index (χ1n) is 6.95. The molecule has 1 saturated carbocycles. The van der Waals surface area contributed by atoms with Crippen LogP contribution in [0.15, 0.2) is 30.3 Å². The smallest absolute Gasteiger partial charge is 0.306 e. The Morgan fingerprint density at radius 3 is 2.47 bits per heavy atom. The summed E-state index contributed by atoms with van der Waals surface area (Å²) in [7, 11) is 0. The van der Waals surface area contributed by atoms with Crippen molar-refractivity contribution in [2.24, 2.45) is 5.92 Å². The fourth-order valence-corrected chi connectivity index (χ4v) is 2.59. The Morgan fingerprint density at radius 1 is 1.21 bits per heavy atom. The van der Waals surface area contributed by atoms with Crippen molar-refractivity contribution in [2.45, 2.75) is 45.1 Å². The molecule has 0 radical (unpaired) electrons. The van der Waals surface area contributed by atoms with Crippen molar-refractivity contribution in [2.75, 3.05) is 0 Å². The average molecular weight is 260 g/mol. The molecule has 19 heavy (non-hydrogen) atoms. The number of esters is 1. The zero-order valence-corrected chi connectivity index (χ0v) is 11.3. The van der Waals surface area contributed by atoms with Gasteiger partial charge in [-0.2, -0.15) is 0 Å². The van der Waals surface area contributed by atoms with Crippen LogP contribution in [0.25, 0.3) is 0 Å². The van der Waals surface area contributed by atoms with Crippen molar-refractivity contribution in [3.05, 3.63) is 35.9 Å². The Hall–Kier alpha value is -1.64. The van der Waals surface area contributed by atoms with Crippen LogP contribution in [0, 0.1) is 5.92 Å².